The standard InChI is InChI=1S/C23H23NO6S/c1-2-31-23-17(24-20(26)14-10-6-7-11-15(14)21(24)27)18(25)19-16(29-23)12-28-22(30-19)13-8-4-3-5-9-13/h3-11,16-19,22-23,25H,2,12H2,1H3/t16-,17-,18-,19-,22?,23+/m1/s1. The highest BCUT2D eigenvalue weighted by Crippen LogP contribution is 2.40. The predicted molar refractivity (Wildman–Crippen MR) is 114 cm³/mol. The largest absolute Gasteiger partial charge is 0.388 e. The number of thioether (sulfide) groups is 1. The topological polar surface area (TPSA) is 85.3 Å². The molecule has 0 spiro atoms. The molecule has 2 aromatic carbocycles. The molecule has 1 unspecified atom stereocenters. The molecule has 1 N–H and O–H groups in total. The molecule has 0 radical (unpaired) electrons. The van der Waals surface area contributed by atoms with Crippen molar-refractivity contribution < 1.29 is 28.9 Å². The molecule has 3 heterocycles. The summed E-state index contributed by atoms with van der Waals surface area (Å²) in [6.45, 7) is 2.21. The second kappa shape index (κ2) is 8.37. The minimum Gasteiger partial charge on any atom is -0.388 e. The van der Waals surface area contributed by atoms with Crippen molar-refractivity contribution >= 4 is 23.6 Å². The molecule has 2 aromatic rings. The molecule has 5 rings (SSSR count). The van der Waals surface area contributed by atoms with Gasteiger partial charge in [-0.05, 0) is 17.9 Å². The smallest absolute Gasteiger partial charge is 0.262 e. The third-order valence-electron chi connectivity index (χ3n) is 5.86. The molecule has 2 saturated heterocycles. The Labute approximate surface area is 184 Å². The lowest BCUT2D eigenvalue weighted by Crippen LogP contribution is -2.66. The van der Waals surface area contributed by atoms with E-state index in [2.05, 4.69) is 0 Å². The number of amides is 2. The van der Waals surface area contributed by atoms with E-state index in [0.29, 0.717) is 16.9 Å². The fourth-order valence-corrected chi connectivity index (χ4v) is 5.44. The van der Waals surface area contributed by atoms with Crippen LogP contribution in [-0.4, -0.2) is 64.0 Å². The van der Waals surface area contributed by atoms with E-state index in [1.54, 1.807) is 24.3 Å². The first-order chi connectivity index (χ1) is 15.1. The zero-order chi connectivity index (χ0) is 21.5. The number of rotatable bonds is 4. The van der Waals surface area contributed by atoms with Gasteiger partial charge in [-0.3, -0.25) is 14.5 Å². The van der Waals surface area contributed by atoms with Crippen LogP contribution in [0.25, 0.3) is 0 Å². The summed E-state index contributed by atoms with van der Waals surface area (Å²) in [4.78, 5) is 27.4. The Morgan fingerprint density at radius 1 is 1.00 bits per heavy atom. The van der Waals surface area contributed by atoms with Crippen LogP contribution in [-0.2, 0) is 14.2 Å². The summed E-state index contributed by atoms with van der Waals surface area (Å²) in [6, 6.07) is 15.3. The van der Waals surface area contributed by atoms with Crippen molar-refractivity contribution in [2.45, 2.75) is 43.0 Å². The van der Waals surface area contributed by atoms with Crippen molar-refractivity contribution in [1.29, 1.82) is 0 Å². The van der Waals surface area contributed by atoms with Crippen molar-refractivity contribution in [1.82, 2.24) is 4.90 Å². The number of aliphatic hydroxyl groups excluding tert-OH is 1. The first-order valence-electron chi connectivity index (χ1n) is 10.3. The zero-order valence-corrected chi connectivity index (χ0v) is 17.7. The minimum atomic E-state index is -1.11. The molecular weight excluding hydrogens is 418 g/mol. The predicted octanol–water partition coefficient (Wildman–Crippen LogP) is 2.60. The van der Waals surface area contributed by atoms with Crippen LogP contribution in [0.2, 0.25) is 0 Å². The van der Waals surface area contributed by atoms with Crippen molar-refractivity contribution in [2.75, 3.05) is 12.4 Å². The third kappa shape index (κ3) is 3.48. The Bertz CT molecular complexity index is 950. The normalized spacial score (nSPS) is 32.6. The van der Waals surface area contributed by atoms with Gasteiger partial charge in [0.25, 0.3) is 11.8 Å². The maximum absolute atomic E-state index is 13.1. The second-order valence-electron chi connectivity index (χ2n) is 7.68. The van der Waals surface area contributed by atoms with Crippen LogP contribution in [0.15, 0.2) is 54.6 Å². The highest BCUT2D eigenvalue weighted by atomic mass is 32.2. The van der Waals surface area contributed by atoms with Gasteiger partial charge >= 0.3 is 0 Å². The van der Waals surface area contributed by atoms with Crippen LogP contribution in [0.5, 0.6) is 0 Å². The summed E-state index contributed by atoms with van der Waals surface area (Å²) < 4.78 is 18.2. The first-order valence-corrected chi connectivity index (χ1v) is 11.4. The monoisotopic (exact) mass is 441 g/mol. The van der Waals surface area contributed by atoms with Crippen molar-refractivity contribution in [3.63, 3.8) is 0 Å². The fourth-order valence-electron chi connectivity index (χ4n) is 4.41. The molecule has 0 bridgehead atoms. The summed E-state index contributed by atoms with van der Waals surface area (Å²) in [5.74, 6) is -0.136. The summed E-state index contributed by atoms with van der Waals surface area (Å²) >= 11 is 1.45. The molecule has 0 aromatic heterocycles. The van der Waals surface area contributed by atoms with Gasteiger partial charge in [0.2, 0.25) is 0 Å². The average Bonchev–Trinajstić information content (AvgIpc) is 3.05. The summed E-state index contributed by atoms with van der Waals surface area (Å²) in [7, 11) is 0. The molecule has 6 atom stereocenters. The van der Waals surface area contributed by atoms with Gasteiger partial charge in [0.05, 0.1) is 17.7 Å². The van der Waals surface area contributed by atoms with Gasteiger partial charge in [-0.15, -0.1) is 11.8 Å². The molecule has 2 fully saturated rings. The summed E-state index contributed by atoms with van der Waals surface area (Å²) in [5.41, 5.74) is 0.939. The lowest BCUT2D eigenvalue weighted by molar-refractivity contribution is -0.310. The van der Waals surface area contributed by atoms with E-state index in [1.807, 2.05) is 37.3 Å². The molecule has 0 aliphatic carbocycles. The molecule has 3 aliphatic rings. The maximum atomic E-state index is 13.1. The van der Waals surface area contributed by atoms with Crippen molar-refractivity contribution in [3.8, 4) is 0 Å². The van der Waals surface area contributed by atoms with E-state index in [4.69, 9.17) is 14.2 Å². The van der Waals surface area contributed by atoms with Gasteiger partial charge in [-0.1, -0.05) is 49.4 Å². The highest BCUT2D eigenvalue weighted by molar-refractivity contribution is 7.99. The van der Waals surface area contributed by atoms with Gasteiger partial charge < -0.3 is 19.3 Å². The van der Waals surface area contributed by atoms with E-state index in [9.17, 15) is 14.7 Å². The van der Waals surface area contributed by atoms with E-state index >= 15 is 0 Å². The number of benzene rings is 2. The molecular formula is C23H23NO6S. The molecule has 8 heteroatoms. The number of hydrogen-bond acceptors (Lipinski definition) is 7. The van der Waals surface area contributed by atoms with Gasteiger partial charge in [0.15, 0.2) is 6.29 Å². The van der Waals surface area contributed by atoms with Gasteiger partial charge in [-0.25, -0.2) is 0 Å². The Balaban J connectivity index is 1.45. The Hall–Kier alpha value is -2.23. The number of nitrogens with zero attached hydrogens (tertiary/aromatic N) is 1. The van der Waals surface area contributed by atoms with E-state index in [-0.39, 0.29) is 6.61 Å². The summed E-state index contributed by atoms with van der Waals surface area (Å²) in [6.07, 6.45) is -2.99. The van der Waals surface area contributed by atoms with Crippen molar-refractivity contribution in [3.05, 3.63) is 71.3 Å². The van der Waals surface area contributed by atoms with Gasteiger partial charge in [0, 0.05) is 5.56 Å². The minimum absolute atomic E-state index is 0.247. The maximum Gasteiger partial charge on any atom is 0.262 e. The quantitative estimate of drug-likeness (QED) is 0.730. The zero-order valence-electron chi connectivity index (χ0n) is 16.9. The number of carbonyl (C=O) groups excluding carboxylic acids is 2. The van der Waals surface area contributed by atoms with Crippen LogP contribution in [0.1, 0.15) is 39.5 Å². The number of imide groups is 1. The van der Waals surface area contributed by atoms with Crippen LogP contribution in [0.3, 0.4) is 0 Å². The van der Waals surface area contributed by atoms with Gasteiger partial charge in [0.1, 0.15) is 29.8 Å². The number of ether oxygens (including phenoxy) is 3. The van der Waals surface area contributed by atoms with Crippen LogP contribution >= 0.6 is 11.8 Å². The fraction of sp³-hybridized carbons (Fsp3) is 0.391. The molecule has 3 aliphatic heterocycles. The molecule has 31 heavy (non-hydrogen) atoms. The molecule has 0 saturated carbocycles. The van der Waals surface area contributed by atoms with E-state index in [0.717, 1.165) is 10.5 Å². The number of aliphatic hydroxyl groups is 1. The second-order valence-corrected chi connectivity index (χ2v) is 9.06. The SMILES string of the molecule is CCS[C@@H]1O[C@@H]2COC(c3ccccc3)O[C@H]2[C@H](O)[C@H]1N1C(=O)c2ccccc2C1=O. The number of fused-ring (bicyclic) bond motifs is 2. The van der Waals surface area contributed by atoms with E-state index < -0.39 is 47.9 Å². The van der Waals surface area contributed by atoms with Crippen LogP contribution < -0.4 is 0 Å². The lowest BCUT2D eigenvalue weighted by Gasteiger charge is -2.49. The molecule has 7 nitrogen and oxygen atoms in total. The Morgan fingerprint density at radius 2 is 1.65 bits per heavy atom. The molecule has 162 valence electrons. The van der Waals surface area contributed by atoms with Crippen LogP contribution in [0, 0.1) is 0 Å². The Kier molecular flexibility index (Phi) is 5.58. The summed E-state index contributed by atoms with van der Waals surface area (Å²) in [5, 5.41) is 11.4. The number of carbonyl (C=O) groups is 2. The first kappa shape index (κ1) is 20.7. The van der Waals surface area contributed by atoms with E-state index in [1.165, 1.54) is 11.8 Å². The molecule has 2 amide bonds. The average molecular weight is 442 g/mol. The highest BCUT2D eigenvalue weighted by Gasteiger charge is 2.55. The third-order valence-corrected chi connectivity index (χ3v) is 6.91. The van der Waals surface area contributed by atoms with Crippen molar-refractivity contribution in [2.24, 2.45) is 0 Å². The van der Waals surface area contributed by atoms with Gasteiger partial charge in [-0.2, -0.15) is 0 Å². The Morgan fingerprint density at radius 3 is 2.29 bits per heavy atom. The van der Waals surface area contributed by atoms with Crippen LogP contribution in [0.4, 0.5) is 0 Å². The number of hydrogen-bond donors (Lipinski definition) is 1. The lowest BCUT2D eigenvalue weighted by atomic mass is 9.95.